The molecule has 0 bridgehead atoms. The van der Waals surface area contributed by atoms with E-state index >= 15 is 0 Å². The lowest BCUT2D eigenvalue weighted by molar-refractivity contribution is 0.0401. The van der Waals surface area contributed by atoms with Crippen molar-refractivity contribution in [2.24, 2.45) is 5.92 Å². The van der Waals surface area contributed by atoms with Crippen molar-refractivity contribution >= 4 is 5.91 Å². The van der Waals surface area contributed by atoms with E-state index in [-0.39, 0.29) is 5.91 Å². The van der Waals surface area contributed by atoms with E-state index < -0.39 is 0 Å². The van der Waals surface area contributed by atoms with Crippen molar-refractivity contribution in [1.29, 1.82) is 0 Å². The Morgan fingerprint density at radius 1 is 1.35 bits per heavy atom. The standard InChI is InChI=1S/C18H30N4O/c1-13(2)15-11-16(20-19-15)18(23)21(3)12-14-7-6-10-22-9-5-4-8-17(14)22/h11,13-14,17H,4-10,12H2,1-3H3,(H,19,20). The molecule has 1 aromatic rings. The van der Waals surface area contributed by atoms with Crippen LogP contribution < -0.4 is 0 Å². The predicted molar refractivity (Wildman–Crippen MR) is 91.6 cm³/mol. The minimum atomic E-state index is 0.0427. The van der Waals surface area contributed by atoms with Crippen LogP contribution in [-0.2, 0) is 0 Å². The average molecular weight is 318 g/mol. The highest BCUT2D eigenvalue weighted by Crippen LogP contribution is 2.31. The number of aromatic amines is 1. The molecule has 128 valence electrons. The quantitative estimate of drug-likeness (QED) is 0.929. The van der Waals surface area contributed by atoms with Crippen molar-refractivity contribution in [1.82, 2.24) is 20.0 Å². The monoisotopic (exact) mass is 318 g/mol. The lowest BCUT2D eigenvalue weighted by atomic mass is 9.83. The van der Waals surface area contributed by atoms with Gasteiger partial charge in [0.25, 0.3) is 5.91 Å². The summed E-state index contributed by atoms with van der Waals surface area (Å²) in [5.41, 5.74) is 1.57. The molecule has 0 spiro atoms. The fourth-order valence-electron chi connectivity index (χ4n) is 4.16. The fraction of sp³-hybridized carbons (Fsp3) is 0.778. The molecule has 0 saturated carbocycles. The van der Waals surface area contributed by atoms with Crippen LogP contribution in [0.1, 0.15) is 68.1 Å². The van der Waals surface area contributed by atoms with Gasteiger partial charge in [0.1, 0.15) is 5.69 Å². The second-order valence-corrected chi connectivity index (χ2v) is 7.55. The first kappa shape index (κ1) is 16.5. The van der Waals surface area contributed by atoms with E-state index in [0.717, 1.165) is 12.2 Å². The molecule has 2 aliphatic heterocycles. The maximum atomic E-state index is 12.6. The number of aromatic nitrogens is 2. The second-order valence-electron chi connectivity index (χ2n) is 7.55. The Morgan fingerprint density at radius 2 is 2.13 bits per heavy atom. The smallest absolute Gasteiger partial charge is 0.274 e. The lowest BCUT2D eigenvalue weighted by Gasteiger charge is -2.45. The fourth-order valence-corrected chi connectivity index (χ4v) is 4.16. The molecule has 3 rings (SSSR count). The predicted octanol–water partition coefficient (Wildman–Crippen LogP) is 2.87. The van der Waals surface area contributed by atoms with Gasteiger partial charge in [-0.15, -0.1) is 0 Å². The number of rotatable bonds is 4. The lowest BCUT2D eigenvalue weighted by Crippen LogP contribution is -2.51. The highest BCUT2D eigenvalue weighted by atomic mass is 16.2. The maximum absolute atomic E-state index is 12.6. The van der Waals surface area contributed by atoms with Gasteiger partial charge in [0, 0.05) is 25.3 Å². The first-order valence-corrected chi connectivity index (χ1v) is 9.11. The molecule has 1 aromatic heterocycles. The number of carbonyl (C=O) groups is 1. The van der Waals surface area contributed by atoms with Gasteiger partial charge < -0.3 is 9.80 Å². The number of nitrogens with one attached hydrogen (secondary N) is 1. The van der Waals surface area contributed by atoms with Crippen LogP contribution in [0.15, 0.2) is 6.07 Å². The van der Waals surface area contributed by atoms with Crippen molar-refractivity contribution in [3.05, 3.63) is 17.5 Å². The zero-order valence-corrected chi connectivity index (χ0v) is 14.7. The first-order valence-electron chi connectivity index (χ1n) is 9.11. The highest BCUT2D eigenvalue weighted by Gasteiger charge is 2.34. The molecule has 0 aromatic carbocycles. The van der Waals surface area contributed by atoms with Gasteiger partial charge in [-0.05, 0) is 56.7 Å². The van der Waals surface area contributed by atoms with Crippen LogP contribution >= 0.6 is 0 Å². The number of carbonyl (C=O) groups excluding carboxylic acids is 1. The van der Waals surface area contributed by atoms with Crippen LogP contribution in [-0.4, -0.2) is 58.6 Å². The molecule has 2 aliphatic rings. The molecule has 2 unspecified atom stereocenters. The third kappa shape index (κ3) is 3.60. The summed E-state index contributed by atoms with van der Waals surface area (Å²) in [6.45, 7) is 7.55. The van der Waals surface area contributed by atoms with Crippen molar-refractivity contribution in [3.63, 3.8) is 0 Å². The Morgan fingerprint density at radius 3 is 2.87 bits per heavy atom. The number of hydrogen-bond donors (Lipinski definition) is 1. The van der Waals surface area contributed by atoms with E-state index in [1.165, 1.54) is 45.2 Å². The summed E-state index contributed by atoms with van der Waals surface area (Å²) in [6.07, 6.45) is 6.49. The first-order chi connectivity index (χ1) is 11.1. The van der Waals surface area contributed by atoms with Crippen LogP contribution in [0.2, 0.25) is 0 Å². The molecule has 2 atom stereocenters. The summed E-state index contributed by atoms with van der Waals surface area (Å²) in [5, 5.41) is 7.19. The third-order valence-corrected chi connectivity index (χ3v) is 5.52. The van der Waals surface area contributed by atoms with Gasteiger partial charge in [-0.2, -0.15) is 5.10 Å². The Balaban J connectivity index is 1.63. The highest BCUT2D eigenvalue weighted by molar-refractivity contribution is 5.92. The zero-order valence-electron chi connectivity index (χ0n) is 14.7. The summed E-state index contributed by atoms with van der Waals surface area (Å²) in [6, 6.07) is 2.58. The van der Waals surface area contributed by atoms with Crippen molar-refractivity contribution in [3.8, 4) is 0 Å². The molecule has 5 heteroatoms. The summed E-state index contributed by atoms with van der Waals surface area (Å²) in [7, 11) is 1.92. The van der Waals surface area contributed by atoms with Gasteiger partial charge in [-0.25, -0.2) is 0 Å². The number of piperidine rings is 2. The van der Waals surface area contributed by atoms with E-state index in [2.05, 4.69) is 28.9 Å². The van der Waals surface area contributed by atoms with Crippen LogP contribution in [0, 0.1) is 5.92 Å². The Hall–Kier alpha value is -1.36. The number of H-pyrrole nitrogens is 1. The summed E-state index contributed by atoms with van der Waals surface area (Å²) in [4.78, 5) is 17.2. The molecule has 1 N–H and O–H groups in total. The van der Waals surface area contributed by atoms with Gasteiger partial charge >= 0.3 is 0 Å². The minimum Gasteiger partial charge on any atom is -0.340 e. The minimum absolute atomic E-state index is 0.0427. The SMILES string of the molecule is CC(C)c1cc(C(=O)N(C)CC2CCCN3CCCCC23)n[nH]1. The van der Waals surface area contributed by atoms with Crippen molar-refractivity contribution in [2.75, 3.05) is 26.7 Å². The van der Waals surface area contributed by atoms with Crippen LogP contribution in [0.4, 0.5) is 0 Å². The Kier molecular flexibility index (Phi) is 5.05. The van der Waals surface area contributed by atoms with Gasteiger partial charge in [-0.1, -0.05) is 20.3 Å². The molecule has 23 heavy (non-hydrogen) atoms. The van der Waals surface area contributed by atoms with E-state index in [0.29, 0.717) is 23.6 Å². The number of amides is 1. The average Bonchev–Trinajstić information content (AvgIpc) is 3.04. The van der Waals surface area contributed by atoms with Crippen LogP contribution in [0.5, 0.6) is 0 Å². The number of hydrogen-bond acceptors (Lipinski definition) is 3. The second kappa shape index (κ2) is 7.04. The van der Waals surface area contributed by atoms with Crippen LogP contribution in [0.3, 0.4) is 0 Å². The molecule has 0 radical (unpaired) electrons. The van der Waals surface area contributed by atoms with Crippen LogP contribution in [0.25, 0.3) is 0 Å². The maximum Gasteiger partial charge on any atom is 0.274 e. The van der Waals surface area contributed by atoms with E-state index in [4.69, 9.17) is 0 Å². The van der Waals surface area contributed by atoms with Crippen molar-refractivity contribution in [2.45, 2.75) is 57.9 Å². The number of nitrogens with zero attached hydrogens (tertiary/aromatic N) is 3. The summed E-state index contributed by atoms with van der Waals surface area (Å²) in [5.74, 6) is 1.02. The zero-order chi connectivity index (χ0) is 16.4. The van der Waals surface area contributed by atoms with E-state index in [1.807, 2.05) is 18.0 Å². The molecular weight excluding hydrogens is 288 g/mol. The molecule has 0 aliphatic carbocycles. The van der Waals surface area contributed by atoms with E-state index in [9.17, 15) is 4.79 Å². The van der Waals surface area contributed by atoms with E-state index in [1.54, 1.807) is 0 Å². The summed E-state index contributed by atoms with van der Waals surface area (Å²) >= 11 is 0. The van der Waals surface area contributed by atoms with Gasteiger partial charge in [-0.3, -0.25) is 9.89 Å². The van der Waals surface area contributed by atoms with Gasteiger partial charge in [0.2, 0.25) is 0 Å². The molecule has 5 nitrogen and oxygen atoms in total. The normalized spacial score (nSPS) is 25.4. The molecule has 3 heterocycles. The Bertz CT molecular complexity index is 537. The van der Waals surface area contributed by atoms with Crippen molar-refractivity contribution < 1.29 is 4.79 Å². The number of fused-ring (bicyclic) bond motifs is 1. The largest absolute Gasteiger partial charge is 0.340 e. The topological polar surface area (TPSA) is 52.2 Å². The molecule has 2 saturated heterocycles. The molecule has 1 amide bonds. The Labute approximate surface area is 139 Å². The summed E-state index contributed by atoms with van der Waals surface area (Å²) < 4.78 is 0. The molecular formula is C18H30N4O. The molecule has 2 fully saturated rings. The van der Waals surface area contributed by atoms with Gasteiger partial charge in [0.15, 0.2) is 0 Å². The van der Waals surface area contributed by atoms with Gasteiger partial charge in [0.05, 0.1) is 0 Å². The third-order valence-electron chi connectivity index (χ3n) is 5.52.